The summed E-state index contributed by atoms with van der Waals surface area (Å²) < 4.78 is 16.7. The molecule has 4 nitrogen and oxygen atoms in total. The summed E-state index contributed by atoms with van der Waals surface area (Å²) in [5.74, 6) is 2.10. The number of benzene rings is 2. The average Bonchev–Trinajstić information content (AvgIpc) is 2.51. The third-order valence-corrected chi connectivity index (χ3v) is 2.94. The summed E-state index contributed by atoms with van der Waals surface area (Å²) in [7, 11) is 1.53. The summed E-state index contributed by atoms with van der Waals surface area (Å²) in [6.45, 7) is 4.36. The summed E-state index contributed by atoms with van der Waals surface area (Å²) in [5, 5.41) is 0. The van der Waals surface area contributed by atoms with Crippen molar-refractivity contribution in [2.45, 2.75) is 13.8 Å². The minimum Gasteiger partial charge on any atom is -0.493 e. The van der Waals surface area contributed by atoms with Crippen molar-refractivity contribution < 1.29 is 19.0 Å². The number of hydrogen-bond donors (Lipinski definition) is 0. The van der Waals surface area contributed by atoms with Crippen LogP contribution in [0.3, 0.4) is 0 Å². The van der Waals surface area contributed by atoms with Crippen LogP contribution in [-0.2, 0) is 0 Å². The topological polar surface area (TPSA) is 44.8 Å². The molecular weight excluding hydrogens is 268 g/mol. The number of carbonyl (C=O) groups excluding carboxylic acids is 1. The molecular formula is C17H18O4. The summed E-state index contributed by atoms with van der Waals surface area (Å²) in [6.07, 6.45) is 0.750. The molecule has 0 saturated heterocycles. The standard InChI is InChI=1S/C17H18O4/c1-4-20-17-15(19-3)9-13(11-18)10-16(17)21-14-7-5-12(2)6-8-14/h5-11H,4H2,1-3H3. The Hall–Kier alpha value is -2.49. The van der Waals surface area contributed by atoms with E-state index in [0.29, 0.717) is 35.2 Å². The summed E-state index contributed by atoms with van der Waals surface area (Å²) in [4.78, 5) is 11.0. The lowest BCUT2D eigenvalue weighted by atomic mass is 10.2. The van der Waals surface area contributed by atoms with Crippen LogP contribution in [0, 0.1) is 6.92 Å². The molecule has 2 aromatic rings. The maximum Gasteiger partial charge on any atom is 0.204 e. The minimum atomic E-state index is 0.460. The summed E-state index contributed by atoms with van der Waals surface area (Å²) >= 11 is 0. The number of methoxy groups -OCH3 is 1. The zero-order chi connectivity index (χ0) is 15.2. The molecule has 0 radical (unpaired) electrons. The van der Waals surface area contributed by atoms with E-state index in [1.165, 1.54) is 7.11 Å². The van der Waals surface area contributed by atoms with Crippen LogP contribution in [-0.4, -0.2) is 20.0 Å². The first-order valence-corrected chi connectivity index (χ1v) is 6.72. The first kappa shape index (κ1) is 14.9. The highest BCUT2D eigenvalue weighted by Gasteiger charge is 2.15. The van der Waals surface area contributed by atoms with Gasteiger partial charge in [0, 0.05) is 5.56 Å². The van der Waals surface area contributed by atoms with Crippen molar-refractivity contribution in [2.24, 2.45) is 0 Å². The Kier molecular flexibility index (Phi) is 4.82. The highest BCUT2D eigenvalue weighted by molar-refractivity contribution is 5.78. The molecule has 0 aromatic heterocycles. The largest absolute Gasteiger partial charge is 0.493 e. The molecule has 0 amide bonds. The summed E-state index contributed by atoms with van der Waals surface area (Å²) in [6, 6.07) is 10.9. The van der Waals surface area contributed by atoms with E-state index in [1.54, 1.807) is 12.1 Å². The maximum atomic E-state index is 11.0. The Bertz CT molecular complexity index is 617. The second-order valence-corrected chi connectivity index (χ2v) is 4.52. The third-order valence-electron chi connectivity index (χ3n) is 2.94. The number of ether oxygens (including phenoxy) is 3. The number of aryl methyl sites for hydroxylation is 1. The molecule has 0 heterocycles. The van der Waals surface area contributed by atoms with E-state index in [2.05, 4.69) is 0 Å². The van der Waals surface area contributed by atoms with Gasteiger partial charge in [0.15, 0.2) is 11.5 Å². The van der Waals surface area contributed by atoms with Crippen LogP contribution in [0.5, 0.6) is 23.0 Å². The molecule has 110 valence electrons. The molecule has 0 aliphatic heterocycles. The number of rotatable bonds is 6. The lowest BCUT2D eigenvalue weighted by molar-refractivity contribution is 0.112. The fourth-order valence-electron chi connectivity index (χ4n) is 1.91. The highest BCUT2D eigenvalue weighted by atomic mass is 16.5. The molecule has 2 rings (SSSR count). The van der Waals surface area contributed by atoms with Gasteiger partial charge in [0.25, 0.3) is 0 Å². The van der Waals surface area contributed by atoms with Gasteiger partial charge in [-0.1, -0.05) is 17.7 Å². The normalized spacial score (nSPS) is 10.0. The first-order valence-electron chi connectivity index (χ1n) is 6.72. The number of carbonyl (C=O) groups is 1. The predicted molar refractivity (Wildman–Crippen MR) is 80.8 cm³/mol. The van der Waals surface area contributed by atoms with Crippen molar-refractivity contribution in [2.75, 3.05) is 13.7 Å². The van der Waals surface area contributed by atoms with Crippen LogP contribution in [0.4, 0.5) is 0 Å². The van der Waals surface area contributed by atoms with Gasteiger partial charge in [0.1, 0.15) is 12.0 Å². The molecule has 0 fully saturated rings. The van der Waals surface area contributed by atoms with Gasteiger partial charge < -0.3 is 14.2 Å². The van der Waals surface area contributed by atoms with E-state index in [9.17, 15) is 4.79 Å². The van der Waals surface area contributed by atoms with Crippen LogP contribution >= 0.6 is 0 Å². The zero-order valence-corrected chi connectivity index (χ0v) is 12.4. The van der Waals surface area contributed by atoms with E-state index >= 15 is 0 Å². The van der Waals surface area contributed by atoms with Crippen molar-refractivity contribution >= 4 is 6.29 Å². The van der Waals surface area contributed by atoms with Crippen molar-refractivity contribution in [1.29, 1.82) is 0 Å². The molecule has 0 bridgehead atoms. The Labute approximate surface area is 124 Å². The maximum absolute atomic E-state index is 11.0. The van der Waals surface area contributed by atoms with Gasteiger partial charge in [-0.25, -0.2) is 0 Å². The van der Waals surface area contributed by atoms with Gasteiger partial charge in [0.05, 0.1) is 13.7 Å². The van der Waals surface area contributed by atoms with E-state index in [1.807, 2.05) is 38.1 Å². The predicted octanol–water partition coefficient (Wildman–Crippen LogP) is 4.01. The quantitative estimate of drug-likeness (QED) is 0.753. The zero-order valence-electron chi connectivity index (χ0n) is 12.4. The average molecular weight is 286 g/mol. The van der Waals surface area contributed by atoms with Crippen LogP contribution in [0.2, 0.25) is 0 Å². The van der Waals surface area contributed by atoms with Crippen molar-refractivity contribution in [3.8, 4) is 23.0 Å². The van der Waals surface area contributed by atoms with Gasteiger partial charge in [-0.15, -0.1) is 0 Å². The second-order valence-electron chi connectivity index (χ2n) is 4.52. The first-order chi connectivity index (χ1) is 10.2. The molecule has 0 saturated carbocycles. The smallest absolute Gasteiger partial charge is 0.204 e. The van der Waals surface area contributed by atoms with Gasteiger partial charge in [-0.05, 0) is 38.1 Å². The van der Waals surface area contributed by atoms with E-state index in [-0.39, 0.29) is 0 Å². The fourth-order valence-corrected chi connectivity index (χ4v) is 1.91. The molecule has 0 aliphatic carbocycles. The second kappa shape index (κ2) is 6.79. The van der Waals surface area contributed by atoms with Crippen LogP contribution in [0.15, 0.2) is 36.4 Å². The van der Waals surface area contributed by atoms with Gasteiger partial charge in [0.2, 0.25) is 5.75 Å². The van der Waals surface area contributed by atoms with E-state index in [0.717, 1.165) is 11.8 Å². The molecule has 21 heavy (non-hydrogen) atoms. The van der Waals surface area contributed by atoms with Crippen LogP contribution in [0.25, 0.3) is 0 Å². The van der Waals surface area contributed by atoms with Crippen LogP contribution in [0.1, 0.15) is 22.8 Å². The monoisotopic (exact) mass is 286 g/mol. The molecule has 2 aromatic carbocycles. The van der Waals surface area contributed by atoms with Crippen molar-refractivity contribution in [3.05, 3.63) is 47.5 Å². The highest BCUT2D eigenvalue weighted by Crippen LogP contribution is 2.40. The molecule has 0 atom stereocenters. The van der Waals surface area contributed by atoms with Gasteiger partial charge in [-0.2, -0.15) is 0 Å². The summed E-state index contributed by atoms with van der Waals surface area (Å²) in [5.41, 5.74) is 1.61. The lowest BCUT2D eigenvalue weighted by Gasteiger charge is -2.15. The Morgan fingerprint density at radius 3 is 2.33 bits per heavy atom. The molecule has 4 heteroatoms. The van der Waals surface area contributed by atoms with Gasteiger partial charge >= 0.3 is 0 Å². The molecule has 0 unspecified atom stereocenters. The fraction of sp³-hybridized carbons (Fsp3) is 0.235. The molecule has 0 aliphatic rings. The van der Waals surface area contributed by atoms with E-state index in [4.69, 9.17) is 14.2 Å². The van der Waals surface area contributed by atoms with Crippen molar-refractivity contribution in [1.82, 2.24) is 0 Å². The SMILES string of the molecule is CCOc1c(OC)cc(C=O)cc1Oc1ccc(C)cc1. The number of hydrogen-bond acceptors (Lipinski definition) is 4. The van der Waals surface area contributed by atoms with E-state index < -0.39 is 0 Å². The Morgan fingerprint density at radius 1 is 1.10 bits per heavy atom. The third kappa shape index (κ3) is 3.54. The molecule has 0 N–H and O–H groups in total. The van der Waals surface area contributed by atoms with Crippen molar-refractivity contribution in [3.63, 3.8) is 0 Å². The Morgan fingerprint density at radius 2 is 1.76 bits per heavy atom. The number of aldehydes is 1. The minimum absolute atomic E-state index is 0.460. The van der Waals surface area contributed by atoms with Gasteiger partial charge in [-0.3, -0.25) is 4.79 Å². The molecule has 0 spiro atoms. The Balaban J connectivity index is 2.43. The van der Waals surface area contributed by atoms with Crippen LogP contribution < -0.4 is 14.2 Å². The lowest BCUT2D eigenvalue weighted by Crippen LogP contribution is -1.99.